The summed E-state index contributed by atoms with van der Waals surface area (Å²) in [5.74, 6) is -0.978. The summed E-state index contributed by atoms with van der Waals surface area (Å²) in [6.45, 7) is -0.912. The molecule has 0 amide bonds. The molecule has 1 fully saturated rings. The highest BCUT2D eigenvalue weighted by Gasteiger charge is 2.43. The van der Waals surface area contributed by atoms with Crippen molar-refractivity contribution < 1.29 is 61.4 Å². The molecule has 0 bridgehead atoms. The molecular weight excluding hydrogens is 467 g/mol. The second-order valence-corrected chi connectivity index (χ2v) is 9.94. The van der Waals surface area contributed by atoms with Gasteiger partial charge in [-0.25, -0.2) is 18.5 Å². The molecule has 0 radical (unpaired) electrons. The Balaban J connectivity index is 2.02. The van der Waals surface area contributed by atoms with Crippen LogP contribution in [-0.4, -0.2) is 58.2 Å². The fourth-order valence-electron chi connectivity index (χ4n) is 2.18. The molecule has 0 saturated carbocycles. The van der Waals surface area contributed by atoms with Crippen LogP contribution in [-0.2, 0) is 31.6 Å². The van der Waals surface area contributed by atoms with Gasteiger partial charge in [0.25, 0.3) is 0 Å². The van der Waals surface area contributed by atoms with E-state index in [1.54, 1.807) is 0 Å². The third-order valence-corrected chi connectivity index (χ3v) is 7.10. The van der Waals surface area contributed by atoms with E-state index in [1.807, 2.05) is 0 Å². The first-order valence-corrected chi connectivity index (χ1v) is 11.8. The Kier molecular flexibility index (Phi) is 7.07. The summed E-state index contributed by atoms with van der Waals surface area (Å²) in [6.07, 6.45) is -3.23. The molecule has 20 heteroatoms. The summed E-state index contributed by atoms with van der Waals surface area (Å²) in [5, 5.41) is 19.5. The number of hydrogen-bond donors (Lipinski definition) is 7. The number of anilines is 1. The fraction of sp³-hybridized carbons (Fsp3) is 0.556. The van der Waals surface area contributed by atoms with Crippen LogP contribution in [0.15, 0.2) is 11.0 Å². The van der Waals surface area contributed by atoms with Gasteiger partial charge in [0, 0.05) is 6.42 Å². The van der Waals surface area contributed by atoms with Gasteiger partial charge in [0.1, 0.15) is 12.3 Å². The van der Waals surface area contributed by atoms with Crippen LogP contribution in [0.3, 0.4) is 0 Å². The Bertz CT molecular complexity index is 959. The molecule has 1 saturated heterocycles. The van der Waals surface area contributed by atoms with Crippen molar-refractivity contribution in [3.8, 4) is 5.75 Å². The zero-order chi connectivity index (χ0) is 22.2. The number of nitrogen functional groups attached to an aromatic ring is 1. The molecule has 17 nitrogen and oxygen atoms in total. The maximum Gasteiger partial charge on any atom is 0.490 e. The van der Waals surface area contributed by atoms with Crippen LogP contribution in [0.4, 0.5) is 5.82 Å². The van der Waals surface area contributed by atoms with Gasteiger partial charge in [0.05, 0.1) is 18.9 Å². The molecule has 0 aliphatic carbocycles. The second-order valence-electron chi connectivity index (χ2n) is 5.52. The van der Waals surface area contributed by atoms with Crippen LogP contribution >= 0.6 is 23.5 Å². The van der Waals surface area contributed by atoms with Crippen LogP contribution in [0.2, 0.25) is 0 Å². The van der Waals surface area contributed by atoms with E-state index in [4.69, 9.17) is 25.2 Å². The Morgan fingerprint density at radius 1 is 1.21 bits per heavy atom. The highest BCUT2D eigenvalue weighted by Crippen LogP contribution is 2.66. The molecule has 1 aliphatic heterocycles. The van der Waals surface area contributed by atoms with Crippen LogP contribution in [0, 0.1) is 0 Å². The first-order valence-electron chi connectivity index (χ1n) is 7.28. The number of ether oxygens (including phenoxy) is 1. The molecule has 29 heavy (non-hydrogen) atoms. The summed E-state index contributed by atoms with van der Waals surface area (Å²) in [7, 11) is -16.6. The Morgan fingerprint density at radius 2 is 1.83 bits per heavy atom. The van der Waals surface area contributed by atoms with Crippen molar-refractivity contribution in [3.05, 3.63) is 16.7 Å². The monoisotopic (exact) mass is 483 g/mol. The number of aliphatic hydroxyl groups is 1. The number of rotatable bonds is 8. The minimum absolute atomic E-state index is 0.241. The van der Waals surface area contributed by atoms with Crippen molar-refractivity contribution in [1.82, 2.24) is 9.55 Å². The van der Waals surface area contributed by atoms with Gasteiger partial charge in [-0.1, -0.05) is 0 Å². The zero-order valence-corrected chi connectivity index (χ0v) is 16.7. The number of aromatic nitrogens is 2. The average Bonchev–Trinajstić information content (AvgIpc) is 2.86. The van der Waals surface area contributed by atoms with Gasteiger partial charge in [-0.05, 0) is 0 Å². The quantitative estimate of drug-likeness (QED) is 0.208. The third-order valence-electron chi connectivity index (χ3n) is 3.29. The third kappa shape index (κ3) is 6.93. The van der Waals surface area contributed by atoms with Crippen LogP contribution in [0.25, 0.3) is 0 Å². The highest BCUT2D eigenvalue weighted by atomic mass is 31.3. The number of aromatic hydroxyl groups is 1. The molecule has 2 heterocycles. The highest BCUT2D eigenvalue weighted by molar-refractivity contribution is 7.66. The van der Waals surface area contributed by atoms with E-state index in [1.165, 1.54) is 0 Å². The molecule has 2 rings (SSSR count). The summed E-state index contributed by atoms with van der Waals surface area (Å²) in [4.78, 5) is 50.4. The lowest BCUT2D eigenvalue weighted by molar-refractivity contribution is -0.0450. The lowest BCUT2D eigenvalue weighted by Gasteiger charge is -2.19. The molecular formula is C9H16N3O14P3. The Morgan fingerprint density at radius 3 is 2.41 bits per heavy atom. The van der Waals surface area contributed by atoms with Gasteiger partial charge in [0.15, 0.2) is 11.6 Å². The lowest BCUT2D eigenvalue weighted by atomic mass is 10.2. The maximum atomic E-state index is 11.8. The number of hydrogen-bond acceptors (Lipinski definition) is 12. The molecule has 0 spiro atoms. The minimum Gasteiger partial charge on any atom is -0.503 e. The van der Waals surface area contributed by atoms with E-state index < -0.39 is 65.8 Å². The van der Waals surface area contributed by atoms with Crippen molar-refractivity contribution in [2.24, 2.45) is 0 Å². The van der Waals surface area contributed by atoms with Gasteiger partial charge in [0.2, 0.25) is 0 Å². The predicted octanol–water partition coefficient (Wildman–Crippen LogP) is -1.48. The van der Waals surface area contributed by atoms with Gasteiger partial charge in [-0.2, -0.15) is 13.6 Å². The molecule has 1 aromatic rings. The standard InChI is InChI=1S/C9H16N3O14P3/c10-8-5(14)2-12(9(15)11-8)7-1-4(13)6(24-7)3-23-28(19,20)26-29(21,22)25-27(16,17)18/h2,4,6-7,13-14H,1,3H2,(H,19,20)(H,21,22)(H2,10,11,15)(H2,16,17,18)/t4-,6+,7+/m0/s1. The maximum absolute atomic E-state index is 11.8. The summed E-state index contributed by atoms with van der Waals surface area (Å²) in [5.41, 5.74) is 4.34. The zero-order valence-electron chi connectivity index (χ0n) is 14.0. The smallest absolute Gasteiger partial charge is 0.490 e. The number of phosphoric acid groups is 3. The first kappa shape index (κ1) is 24.1. The second kappa shape index (κ2) is 8.51. The SMILES string of the molecule is Nc1nc(=O)n([C@H]2C[C@H](O)[C@@H](COP(=O)(O)OP(=O)(O)OP(=O)(O)O)O2)cc1O. The number of aliphatic hydroxyl groups excluding tert-OH is 1. The van der Waals surface area contributed by atoms with Crippen LogP contribution in [0.5, 0.6) is 5.75 Å². The van der Waals surface area contributed by atoms with E-state index in [9.17, 15) is 33.6 Å². The molecule has 8 N–H and O–H groups in total. The van der Waals surface area contributed by atoms with Crippen molar-refractivity contribution in [1.29, 1.82) is 0 Å². The first-order chi connectivity index (χ1) is 13.1. The molecule has 1 aromatic heterocycles. The fourth-order valence-corrected chi connectivity index (χ4v) is 5.21. The minimum atomic E-state index is -5.69. The van der Waals surface area contributed by atoms with Crippen molar-refractivity contribution in [2.45, 2.75) is 24.9 Å². The van der Waals surface area contributed by atoms with E-state index in [0.29, 0.717) is 0 Å². The largest absolute Gasteiger partial charge is 0.503 e. The molecule has 5 atom stereocenters. The number of nitrogens with zero attached hydrogens (tertiary/aromatic N) is 2. The summed E-state index contributed by atoms with van der Waals surface area (Å²) in [6, 6.07) is 0. The summed E-state index contributed by atoms with van der Waals surface area (Å²) >= 11 is 0. The number of nitrogens with two attached hydrogens (primary N) is 1. The van der Waals surface area contributed by atoms with Gasteiger partial charge < -0.3 is 40.3 Å². The van der Waals surface area contributed by atoms with Crippen molar-refractivity contribution >= 4 is 29.3 Å². The normalized spacial score (nSPS) is 26.7. The van der Waals surface area contributed by atoms with Gasteiger partial charge in [-0.15, -0.1) is 0 Å². The molecule has 2 unspecified atom stereocenters. The van der Waals surface area contributed by atoms with Crippen LogP contribution < -0.4 is 11.4 Å². The van der Waals surface area contributed by atoms with Gasteiger partial charge in [-0.3, -0.25) is 9.09 Å². The molecule has 1 aliphatic rings. The van der Waals surface area contributed by atoms with E-state index >= 15 is 0 Å². The Hall–Kier alpha value is -1.19. The Labute approximate surface area is 160 Å². The van der Waals surface area contributed by atoms with Gasteiger partial charge >= 0.3 is 29.2 Å². The topological polar surface area (TPSA) is 270 Å². The van der Waals surface area contributed by atoms with E-state index in [0.717, 1.165) is 10.8 Å². The van der Waals surface area contributed by atoms with Crippen molar-refractivity contribution in [3.63, 3.8) is 0 Å². The molecule has 166 valence electrons. The number of phosphoric ester groups is 1. The van der Waals surface area contributed by atoms with Crippen LogP contribution in [0.1, 0.15) is 12.6 Å². The predicted molar refractivity (Wildman–Crippen MR) is 88.9 cm³/mol. The lowest BCUT2D eigenvalue weighted by Crippen LogP contribution is -2.28. The van der Waals surface area contributed by atoms with Crippen molar-refractivity contribution in [2.75, 3.05) is 12.3 Å². The average molecular weight is 483 g/mol. The van der Waals surface area contributed by atoms with E-state index in [-0.39, 0.29) is 6.42 Å². The van der Waals surface area contributed by atoms with E-state index in [2.05, 4.69) is 18.1 Å². The summed E-state index contributed by atoms with van der Waals surface area (Å²) < 4.78 is 50.9. The molecule has 0 aromatic carbocycles.